The number of carboxylic acids is 1. The van der Waals surface area contributed by atoms with E-state index in [0.717, 1.165) is 13.8 Å². The van der Waals surface area contributed by atoms with Gasteiger partial charge in [-0.05, 0) is 20.8 Å². The minimum Gasteiger partial charge on any atom is -0.478 e. The number of nitrogen functional groups attached to an aromatic ring is 2. The van der Waals surface area contributed by atoms with E-state index in [1.165, 1.54) is 13.0 Å². The van der Waals surface area contributed by atoms with Crippen molar-refractivity contribution in [1.29, 1.82) is 5.26 Å². The van der Waals surface area contributed by atoms with Crippen LogP contribution in [0.5, 0.6) is 0 Å². The van der Waals surface area contributed by atoms with Crippen molar-refractivity contribution in [2.24, 2.45) is 0 Å². The van der Waals surface area contributed by atoms with Crippen molar-refractivity contribution < 1.29 is 62.6 Å². The van der Waals surface area contributed by atoms with E-state index in [-0.39, 0.29) is 28.6 Å². The number of nitrogens with two attached hydrogens (primary N) is 2. The summed E-state index contributed by atoms with van der Waals surface area (Å²) in [6.45, 7) is 3.38. The van der Waals surface area contributed by atoms with Crippen molar-refractivity contribution in [1.82, 2.24) is 0 Å². The second-order valence-corrected chi connectivity index (χ2v) is 8.71. The monoisotopic (exact) mass is 669 g/mol. The van der Waals surface area contributed by atoms with Crippen LogP contribution in [0.1, 0.15) is 32.6 Å². The lowest BCUT2D eigenvalue weighted by Crippen LogP contribution is -2.07. The zero-order valence-electron chi connectivity index (χ0n) is 23.4. The number of nitrogens with zero attached hydrogens (tertiary/aromatic N) is 1. The molecule has 5 N–H and O–H groups in total. The highest BCUT2D eigenvalue weighted by Gasteiger charge is 2.20. The standard InChI is InChI=1S/C8H4F3N.C8H5F3O2.C7H6F3N.C6H4F3N/c1-4-5(3-12)6(9)2-7(10)8(4)11;1-3-6(8(12)13)4(9)2-5(10)7(3)11;1-3-6(10)4(8)2-5(9)7(3)11;7-3-1-5(9)6(10)2-4(3)8/h2H,1H3;2H,1H3,(H,12,13);2H,11H2,1H3;1-2H,10H2. The summed E-state index contributed by atoms with van der Waals surface area (Å²) in [5.74, 6) is -15.6. The number of carbonyl (C=O) groups is 1. The third-order valence-corrected chi connectivity index (χ3v) is 5.63. The molecule has 0 fully saturated rings. The highest BCUT2D eigenvalue weighted by Crippen LogP contribution is 2.22. The van der Waals surface area contributed by atoms with Crippen LogP contribution < -0.4 is 11.5 Å². The Labute approximate surface area is 251 Å². The predicted octanol–water partition coefficient (Wildman–Crippen LogP) is 8.08. The fourth-order valence-corrected chi connectivity index (χ4v) is 3.10. The van der Waals surface area contributed by atoms with Gasteiger partial charge in [0.1, 0.15) is 34.9 Å². The highest BCUT2D eigenvalue weighted by molar-refractivity contribution is 5.89. The number of carboxylic acid groups (broad SMARTS) is 1. The normalized spacial score (nSPS) is 9.96. The molecule has 4 rings (SSSR count). The Bertz CT molecular complexity index is 1750. The molecule has 46 heavy (non-hydrogen) atoms. The second-order valence-electron chi connectivity index (χ2n) is 8.71. The van der Waals surface area contributed by atoms with Crippen LogP contribution >= 0.6 is 0 Å². The number of nitriles is 1. The highest BCUT2D eigenvalue weighted by atomic mass is 19.2. The van der Waals surface area contributed by atoms with E-state index >= 15 is 0 Å². The van der Waals surface area contributed by atoms with Crippen LogP contribution in [0.15, 0.2) is 30.3 Å². The van der Waals surface area contributed by atoms with Crippen molar-refractivity contribution >= 4 is 17.3 Å². The van der Waals surface area contributed by atoms with Gasteiger partial charge in [-0.15, -0.1) is 0 Å². The maximum Gasteiger partial charge on any atom is 0.339 e. The van der Waals surface area contributed by atoms with Crippen LogP contribution in [0.25, 0.3) is 0 Å². The van der Waals surface area contributed by atoms with Gasteiger partial charge in [0.2, 0.25) is 0 Å². The molecule has 0 unspecified atom stereocenters. The first-order chi connectivity index (χ1) is 21.2. The Morgan fingerprint density at radius 3 is 1.41 bits per heavy atom. The molecule has 0 aliphatic carbocycles. The maximum absolute atomic E-state index is 12.8. The van der Waals surface area contributed by atoms with Gasteiger partial charge in [-0.1, -0.05) is 0 Å². The number of halogens is 12. The smallest absolute Gasteiger partial charge is 0.339 e. The number of hydrogen-bond acceptors (Lipinski definition) is 4. The van der Waals surface area contributed by atoms with Crippen LogP contribution in [0, 0.1) is 102 Å². The Kier molecular flexibility index (Phi) is 13.5. The summed E-state index contributed by atoms with van der Waals surface area (Å²) in [4.78, 5) is 10.4. The van der Waals surface area contributed by atoms with Gasteiger partial charge in [-0.2, -0.15) is 5.26 Å². The zero-order valence-corrected chi connectivity index (χ0v) is 23.4. The van der Waals surface area contributed by atoms with Gasteiger partial charge >= 0.3 is 5.97 Å². The number of hydrogen-bond donors (Lipinski definition) is 3. The quantitative estimate of drug-likeness (QED) is 0.108. The molecule has 0 radical (unpaired) electrons. The summed E-state index contributed by atoms with van der Waals surface area (Å²) < 4.78 is 150. The number of aromatic carboxylic acids is 1. The van der Waals surface area contributed by atoms with Crippen molar-refractivity contribution in [3.8, 4) is 6.07 Å². The molecule has 0 saturated heterocycles. The van der Waals surface area contributed by atoms with Crippen LogP contribution in [-0.4, -0.2) is 11.1 Å². The van der Waals surface area contributed by atoms with Gasteiger partial charge in [0.25, 0.3) is 0 Å². The molecule has 4 aromatic rings. The van der Waals surface area contributed by atoms with Crippen molar-refractivity contribution in [3.63, 3.8) is 0 Å². The first-order valence-electron chi connectivity index (χ1n) is 11.9. The third kappa shape index (κ3) is 9.30. The Balaban J connectivity index is 0.000000308. The van der Waals surface area contributed by atoms with Crippen LogP contribution in [-0.2, 0) is 0 Å². The zero-order chi connectivity index (χ0) is 35.8. The molecule has 0 aliphatic heterocycles. The number of benzene rings is 4. The second kappa shape index (κ2) is 16.1. The summed E-state index contributed by atoms with van der Waals surface area (Å²) in [6, 6.07) is 3.46. The average molecular weight is 669 g/mol. The van der Waals surface area contributed by atoms with E-state index in [1.54, 1.807) is 0 Å². The molecule has 0 saturated carbocycles. The molecule has 4 aromatic carbocycles. The van der Waals surface area contributed by atoms with E-state index in [9.17, 15) is 57.5 Å². The van der Waals surface area contributed by atoms with Gasteiger partial charge in [0.15, 0.2) is 46.5 Å². The molecule has 0 aliphatic rings. The lowest BCUT2D eigenvalue weighted by atomic mass is 10.1. The minimum absolute atomic E-state index is 0.192. The molecule has 0 amide bonds. The van der Waals surface area contributed by atoms with E-state index in [0.29, 0.717) is 24.3 Å². The molecular formula is C29H19F12N3O2. The van der Waals surface area contributed by atoms with E-state index < -0.39 is 92.5 Å². The molecule has 17 heteroatoms. The predicted molar refractivity (Wildman–Crippen MR) is 140 cm³/mol. The van der Waals surface area contributed by atoms with E-state index in [2.05, 4.69) is 0 Å². The number of rotatable bonds is 1. The molecule has 0 spiro atoms. The number of anilines is 2. The fourth-order valence-electron chi connectivity index (χ4n) is 3.10. The maximum atomic E-state index is 12.8. The van der Waals surface area contributed by atoms with Crippen LogP contribution in [0.4, 0.5) is 64.1 Å². The van der Waals surface area contributed by atoms with Crippen molar-refractivity contribution in [3.05, 3.63) is 128 Å². The minimum atomic E-state index is -1.62. The third-order valence-electron chi connectivity index (χ3n) is 5.63. The van der Waals surface area contributed by atoms with Crippen molar-refractivity contribution in [2.45, 2.75) is 20.8 Å². The largest absolute Gasteiger partial charge is 0.478 e. The molecule has 0 aromatic heterocycles. The average Bonchev–Trinajstić information content (AvgIpc) is 2.97. The SMILES string of the molecule is Cc1c(F)c(F)cc(F)c1C#N.Cc1c(F)c(F)cc(F)c1C(=O)O.Cc1c(N)c(F)cc(F)c1F.Nc1cc(F)c(F)cc1F. The van der Waals surface area contributed by atoms with E-state index in [1.807, 2.05) is 0 Å². The van der Waals surface area contributed by atoms with Crippen LogP contribution in [0.2, 0.25) is 0 Å². The molecular weight excluding hydrogens is 650 g/mol. The fraction of sp³-hybridized carbons (Fsp3) is 0.103. The summed E-state index contributed by atoms with van der Waals surface area (Å²) in [5, 5.41) is 16.8. The van der Waals surface area contributed by atoms with Gasteiger partial charge in [0, 0.05) is 47.0 Å². The lowest BCUT2D eigenvalue weighted by molar-refractivity contribution is 0.0690. The molecule has 0 bridgehead atoms. The molecule has 0 atom stereocenters. The Morgan fingerprint density at radius 1 is 0.565 bits per heavy atom. The first kappa shape index (κ1) is 38.6. The van der Waals surface area contributed by atoms with Crippen molar-refractivity contribution in [2.75, 3.05) is 11.5 Å². The summed E-state index contributed by atoms with van der Waals surface area (Å²) in [6.07, 6.45) is 0. The van der Waals surface area contributed by atoms with E-state index in [4.69, 9.17) is 21.8 Å². The molecule has 5 nitrogen and oxygen atoms in total. The van der Waals surface area contributed by atoms with Gasteiger partial charge < -0.3 is 16.6 Å². The van der Waals surface area contributed by atoms with Gasteiger partial charge in [-0.3, -0.25) is 0 Å². The Hall–Kier alpha value is -5.40. The first-order valence-corrected chi connectivity index (χ1v) is 11.9. The Morgan fingerprint density at radius 2 is 0.957 bits per heavy atom. The van der Waals surface area contributed by atoms with Gasteiger partial charge in [0.05, 0.1) is 16.9 Å². The van der Waals surface area contributed by atoms with Gasteiger partial charge in [-0.25, -0.2) is 57.5 Å². The summed E-state index contributed by atoms with van der Waals surface area (Å²) in [7, 11) is 0. The topological polar surface area (TPSA) is 113 Å². The summed E-state index contributed by atoms with van der Waals surface area (Å²) in [5.41, 5.74) is 6.93. The van der Waals surface area contributed by atoms with Crippen LogP contribution in [0.3, 0.4) is 0 Å². The summed E-state index contributed by atoms with van der Waals surface area (Å²) >= 11 is 0. The molecule has 246 valence electrons. The lowest BCUT2D eigenvalue weighted by Gasteiger charge is -2.03. The molecule has 0 heterocycles.